The Morgan fingerprint density at radius 1 is 0.447 bits per heavy atom. The predicted molar refractivity (Wildman–Crippen MR) is 192 cm³/mol. The average Bonchev–Trinajstić information content (AvgIpc) is 3.53. The molecule has 0 aliphatic heterocycles. The topological polar surface area (TPSA) is 51.8 Å². The quantitative estimate of drug-likeness (QED) is 0.196. The molecular weight excluding hydrogens is 574 g/mol. The number of furan rings is 1. The Balaban J connectivity index is 1.37. The zero-order chi connectivity index (χ0) is 31.7. The van der Waals surface area contributed by atoms with Crippen LogP contribution in [0.4, 0.5) is 0 Å². The molecule has 224 valence electrons. The molecule has 0 spiro atoms. The van der Waals surface area contributed by atoms with Gasteiger partial charge in [-0.15, -0.1) is 0 Å². The highest BCUT2D eigenvalue weighted by atomic mass is 16.3. The SMILES string of the molecule is C/C(c1nc(-c2ccccc2)nc(-c2ccccc2)n1)=c1/cccc/c1=C(/C)c1cccc2oc3ccc(-c4ccccc4)cc3c12. The molecule has 6 aromatic carbocycles. The lowest BCUT2D eigenvalue weighted by Gasteiger charge is -2.10. The van der Waals surface area contributed by atoms with Crippen molar-refractivity contribution in [1.29, 1.82) is 0 Å². The molecule has 47 heavy (non-hydrogen) atoms. The summed E-state index contributed by atoms with van der Waals surface area (Å²) in [5, 5.41) is 4.41. The van der Waals surface area contributed by atoms with Gasteiger partial charge in [-0.1, -0.05) is 133 Å². The van der Waals surface area contributed by atoms with Gasteiger partial charge in [0.1, 0.15) is 11.2 Å². The highest BCUT2D eigenvalue weighted by Crippen LogP contribution is 2.36. The Kier molecular flexibility index (Phi) is 7.23. The van der Waals surface area contributed by atoms with E-state index in [9.17, 15) is 0 Å². The number of hydrogen-bond donors (Lipinski definition) is 0. The molecule has 4 heteroatoms. The predicted octanol–water partition coefficient (Wildman–Crippen LogP) is 9.21. The summed E-state index contributed by atoms with van der Waals surface area (Å²) in [4.78, 5) is 14.9. The molecule has 0 radical (unpaired) electrons. The second-order valence-corrected chi connectivity index (χ2v) is 11.7. The van der Waals surface area contributed by atoms with Crippen molar-refractivity contribution < 1.29 is 4.42 Å². The lowest BCUT2D eigenvalue weighted by atomic mass is 9.96. The maximum absolute atomic E-state index is 6.38. The van der Waals surface area contributed by atoms with Gasteiger partial charge in [0.2, 0.25) is 0 Å². The molecule has 8 rings (SSSR count). The second-order valence-electron chi connectivity index (χ2n) is 11.7. The third-order valence-electron chi connectivity index (χ3n) is 8.78. The van der Waals surface area contributed by atoms with Crippen molar-refractivity contribution in [2.45, 2.75) is 13.8 Å². The highest BCUT2D eigenvalue weighted by molar-refractivity contribution is 6.11. The Labute approximate surface area is 273 Å². The van der Waals surface area contributed by atoms with E-state index in [0.29, 0.717) is 17.5 Å². The molecule has 0 amide bonds. The van der Waals surface area contributed by atoms with Crippen molar-refractivity contribution in [3.8, 4) is 33.9 Å². The lowest BCUT2D eigenvalue weighted by Crippen LogP contribution is -2.29. The molecule has 0 atom stereocenters. The smallest absolute Gasteiger partial charge is 0.164 e. The molecule has 0 bridgehead atoms. The third-order valence-corrected chi connectivity index (χ3v) is 8.78. The maximum Gasteiger partial charge on any atom is 0.164 e. The number of hydrogen-bond acceptors (Lipinski definition) is 4. The van der Waals surface area contributed by atoms with Gasteiger partial charge in [0, 0.05) is 27.5 Å². The monoisotopic (exact) mass is 605 g/mol. The number of benzene rings is 6. The number of fused-ring (bicyclic) bond motifs is 3. The van der Waals surface area contributed by atoms with Gasteiger partial charge in [-0.3, -0.25) is 0 Å². The fraction of sp³-hybridized carbons (Fsp3) is 0.0465. The number of rotatable bonds is 5. The lowest BCUT2D eigenvalue weighted by molar-refractivity contribution is 0.669. The first kappa shape index (κ1) is 28.4. The van der Waals surface area contributed by atoms with E-state index in [1.54, 1.807) is 0 Å². The Morgan fingerprint density at radius 2 is 1.00 bits per heavy atom. The van der Waals surface area contributed by atoms with Gasteiger partial charge in [0.15, 0.2) is 17.5 Å². The van der Waals surface area contributed by atoms with Crippen LogP contribution in [0.25, 0.3) is 67.0 Å². The molecule has 8 aromatic rings. The Hall–Kier alpha value is -6.13. The summed E-state index contributed by atoms with van der Waals surface area (Å²) in [6, 6.07) is 51.9. The van der Waals surface area contributed by atoms with Crippen LogP contribution in [0, 0.1) is 0 Å². The van der Waals surface area contributed by atoms with Gasteiger partial charge in [-0.05, 0) is 64.7 Å². The molecule has 2 heterocycles. The minimum absolute atomic E-state index is 0.649. The van der Waals surface area contributed by atoms with Crippen molar-refractivity contribution in [3.05, 3.63) is 173 Å². The van der Waals surface area contributed by atoms with Crippen LogP contribution in [0.3, 0.4) is 0 Å². The maximum atomic E-state index is 6.38. The van der Waals surface area contributed by atoms with E-state index in [1.165, 1.54) is 5.56 Å². The highest BCUT2D eigenvalue weighted by Gasteiger charge is 2.16. The van der Waals surface area contributed by atoms with Crippen LogP contribution in [-0.4, -0.2) is 15.0 Å². The first-order valence-electron chi connectivity index (χ1n) is 15.8. The van der Waals surface area contributed by atoms with Crippen molar-refractivity contribution in [3.63, 3.8) is 0 Å². The molecule has 0 fully saturated rings. The van der Waals surface area contributed by atoms with E-state index in [2.05, 4.69) is 98.8 Å². The molecule has 0 aliphatic carbocycles. The van der Waals surface area contributed by atoms with Crippen LogP contribution in [0.1, 0.15) is 25.2 Å². The summed E-state index contributed by atoms with van der Waals surface area (Å²) < 4.78 is 6.38. The average molecular weight is 606 g/mol. The number of nitrogens with zero attached hydrogens (tertiary/aromatic N) is 3. The molecule has 0 N–H and O–H groups in total. The zero-order valence-electron chi connectivity index (χ0n) is 26.2. The van der Waals surface area contributed by atoms with Crippen LogP contribution in [0.5, 0.6) is 0 Å². The van der Waals surface area contributed by atoms with Crippen molar-refractivity contribution in [2.24, 2.45) is 0 Å². The molecule has 0 unspecified atom stereocenters. The van der Waals surface area contributed by atoms with Gasteiger partial charge in [0.05, 0.1) is 0 Å². The first-order chi connectivity index (χ1) is 23.1. The fourth-order valence-corrected chi connectivity index (χ4v) is 6.33. The van der Waals surface area contributed by atoms with E-state index in [0.717, 1.165) is 65.8 Å². The van der Waals surface area contributed by atoms with Crippen LogP contribution in [-0.2, 0) is 0 Å². The van der Waals surface area contributed by atoms with E-state index in [4.69, 9.17) is 19.4 Å². The van der Waals surface area contributed by atoms with Gasteiger partial charge in [-0.25, -0.2) is 15.0 Å². The van der Waals surface area contributed by atoms with Crippen molar-refractivity contribution in [2.75, 3.05) is 0 Å². The standard InChI is InChI=1S/C43H31N3O/c1-28(36-23-14-24-39-40(36)37-27-33(25-26-38(37)47-39)30-15-6-3-7-16-30)34-21-12-13-22-35(34)29(2)41-44-42(31-17-8-4-9-18-31)46-43(45-41)32-19-10-5-11-20-32/h3-27H,1-2H3/b34-28+,35-29+. The summed E-state index contributed by atoms with van der Waals surface area (Å²) in [5.41, 5.74) is 9.26. The second kappa shape index (κ2) is 12.0. The van der Waals surface area contributed by atoms with Crippen molar-refractivity contribution in [1.82, 2.24) is 15.0 Å². The summed E-state index contributed by atoms with van der Waals surface area (Å²) >= 11 is 0. The van der Waals surface area contributed by atoms with Gasteiger partial charge in [0.25, 0.3) is 0 Å². The van der Waals surface area contributed by atoms with Crippen LogP contribution < -0.4 is 10.4 Å². The summed E-state index contributed by atoms with van der Waals surface area (Å²) in [6.07, 6.45) is 0. The minimum Gasteiger partial charge on any atom is -0.456 e. The van der Waals surface area contributed by atoms with Crippen molar-refractivity contribution >= 4 is 33.1 Å². The van der Waals surface area contributed by atoms with Crippen LogP contribution in [0.15, 0.2) is 156 Å². The molecular formula is C43H31N3O. The van der Waals surface area contributed by atoms with E-state index in [1.807, 2.05) is 66.7 Å². The van der Waals surface area contributed by atoms with E-state index >= 15 is 0 Å². The van der Waals surface area contributed by atoms with Gasteiger partial charge < -0.3 is 4.42 Å². The molecule has 2 aromatic heterocycles. The summed E-state index contributed by atoms with van der Waals surface area (Å²) in [6.45, 7) is 4.30. The van der Waals surface area contributed by atoms with Crippen LogP contribution >= 0.6 is 0 Å². The molecule has 0 aliphatic rings. The third kappa shape index (κ3) is 5.30. The summed E-state index contributed by atoms with van der Waals surface area (Å²) in [5.74, 6) is 1.95. The van der Waals surface area contributed by atoms with Gasteiger partial charge >= 0.3 is 0 Å². The molecule has 0 saturated carbocycles. The van der Waals surface area contributed by atoms with E-state index < -0.39 is 0 Å². The normalized spacial score (nSPS) is 12.7. The van der Waals surface area contributed by atoms with Gasteiger partial charge in [-0.2, -0.15) is 0 Å². The van der Waals surface area contributed by atoms with E-state index in [-0.39, 0.29) is 0 Å². The largest absolute Gasteiger partial charge is 0.456 e. The minimum atomic E-state index is 0.649. The summed E-state index contributed by atoms with van der Waals surface area (Å²) in [7, 11) is 0. The number of aromatic nitrogens is 3. The molecule has 0 saturated heterocycles. The molecule has 4 nitrogen and oxygen atoms in total. The fourth-order valence-electron chi connectivity index (χ4n) is 6.33. The zero-order valence-corrected chi connectivity index (χ0v) is 26.2. The van der Waals surface area contributed by atoms with Crippen LogP contribution in [0.2, 0.25) is 0 Å². The Morgan fingerprint density at radius 3 is 1.62 bits per heavy atom. The Bertz CT molecular complexity index is 2460. The first-order valence-corrected chi connectivity index (χ1v) is 15.8.